The normalized spacial score (nSPS) is 31.4. The molecule has 1 saturated heterocycles. The van der Waals surface area contributed by atoms with Crippen molar-refractivity contribution in [3.05, 3.63) is 0 Å². The van der Waals surface area contributed by atoms with E-state index in [-0.39, 0.29) is 0 Å². The predicted octanol–water partition coefficient (Wildman–Crippen LogP) is 3.14. The zero-order valence-electron chi connectivity index (χ0n) is 11.7. The van der Waals surface area contributed by atoms with E-state index in [1.165, 1.54) is 44.9 Å². The van der Waals surface area contributed by atoms with Crippen LogP contribution in [0, 0.1) is 11.3 Å². The average Bonchev–Trinajstić information content (AvgIpc) is 2.58. The van der Waals surface area contributed by atoms with Gasteiger partial charge in [0.05, 0.1) is 5.41 Å². The molecule has 0 aromatic heterocycles. The van der Waals surface area contributed by atoms with E-state index in [1.54, 1.807) is 0 Å². The first-order chi connectivity index (χ1) is 8.60. The van der Waals surface area contributed by atoms with Gasteiger partial charge in [0, 0.05) is 6.54 Å². The number of carboxylic acid groups (broad SMARTS) is 1. The molecule has 0 aromatic rings. The summed E-state index contributed by atoms with van der Waals surface area (Å²) in [5.41, 5.74) is -0.497. The highest BCUT2D eigenvalue weighted by molar-refractivity contribution is 5.74. The van der Waals surface area contributed by atoms with Crippen LogP contribution in [0.1, 0.15) is 58.3 Å². The number of hydrogen-bond donors (Lipinski definition) is 1. The Morgan fingerprint density at radius 1 is 1.28 bits per heavy atom. The van der Waals surface area contributed by atoms with Gasteiger partial charge in [-0.2, -0.15) is 0 Å². The lowest BCUT2D eigenvalue weighted by atomic mass is 9.90. The van der Waals surface area contributed by atoms with E-state index in [2.05, 4.69) is 4.90 Å². The molecule has 1 aliphatic carbocycles. The van der Waals surface area contributed by atoms with E-state index in [4.69, 9.17) is 0 Å². The van der Waals surface area contributed by atoms with E-state index in [1.807, 2.05) is 6.92 Å². The number of likely N-dealkylation sites (tertiary alicyclic amines) is 1. The summed E-state index contributed by atoms with van der Waals surface area (Å²) in [6.07, 6.45) is 10.5. The Hall–Kier alpha value is -0.570. The lowest BCUT2D eigenvalue weighted by Crippen LogP contribution is -2.32. The summed E-state index contributed by atoms with van der Waals surface area (Å²) in [6.45, 7) is 4.71. The van der Waals surface area contributed by atoms with Gasteiger partial charge in [0.1, 0.15) is 0 Å². The van der Waals surface area contributed by atoms with Crippen LogP contribution in [0.5, 0.6) is 0 Å². The van der Waals surface area contributed by atoms with Gasteiger partial charge in [-0.15, -0.1) is 0 Å². The van der Waals surface area contributed by atoms with Gasteiger partial charge in [-0.25, -0.2) is 0 Å². The molecule has 0 amide bonds. The molecule has 2 aliphatic rings. The second-order valence-corrected chi connectivity index (χ2v) is 6.54. The number of aliphatic carboxylic acids is 1. The fraction of sp³-hybridized carbons (Fsp3) is 0.933. The van der Waals surface area contributed by atoms with Crippen LogP contribution in [0.4, 0.5) is 0 Å². The summed E-state index contributed by atoms with van der Waals surface area (Å²) in [4.78, 5) is 13.6. The maximum absolute atomic E-state index is 11.2. The van der Waals surface area contributed by atoms with Gasteiger partial charge in [-0.05, 0) is 38.8 Å². The third-order valence-corrected chi connectivity index (χ3v) is 4.90. The number of carboxylic acids is 1. The second-order valence-electron chi connectivity index (χ2n) is 6.54. The molecule has 1 aliphatic heterocycles. The number of rotatable bonds is 4. The van der Waals surface area contributed by atoms with Crippen LogP contribution in [0.25, 0.3) is 0 Å². The SMILES string of the molecule is CC1(C(=O)O)CCN(CCC2CCCCCC2)C1. The molecular formula is C15H27NO2. The Balaban J connectivity index is 1.73. The molecule has 2 fully saturated rings. The molecule has 0 aromatic carbocycles. The van der Waals surface area contributed by atoms with E-state index < -0.39 is 11.4 Å². The van der Waals surface area contributed by atoms with Crippen LogP contribution in [0.3, 0.4) is 0 Å². The Bertz CT molecular complexity index is 284. The van der Waals surface area contributed by atoms with E-state index in [0.29, 0.717) is 0 Å². The topological polar surface area (TPSA) is 40.5 Å². The van der Waals surface area contributed by atoms with Gasteiger partial charge in [0.25, 0.3) is 0 Å². The van der Waals surface area contributed by atoms with Crippen LogP contribution in [-0.2, 0) is 4.79 Å². The third kappa shape index (κ3) is 3.47. The fourth-order valence-electron chi connectivity index (χ4n) is 3.44. The number of nitrogens with zero attached hydrogens (tertiary/aromatic N) is 1. The van der Waals surface area contributed by atoms with Gasteiger partial charge >= 0.3 is 5.97 Å². The highest BCUT2D eigenvalue weighted by atomic mass is 16.4. The molecular weight excluding hydrogens is 226 g/mol. The third-order valence-electron chi connectivity index (χ3n) is 4.90. The van der Waals surface area contributed by atoms with Crippen molar-refractivity contribution in [1.29, 1.82) is 0 Å². The van der Waals surface area contributed by atoms with E-state index >= 15 is 0 Å². The first-order valence-electron chi connectivity index (χ1n) is 7.56. The number of hydrogen-bond acceptors (Lipinski definition) is 2. The molecule has 3 nitrogen and oxygen atoms in total. The predicted molar refractivity (Wildman–Crippen MR) is 72.6 cm³/mol. The molecule has 1 heterocycles. The molecule has 0 bridgehead atoms. The minimum Gasteiger partial charge on any atom is -0.481 e. The molecule has 104 valence electrons. The maximum Gasteiger partial charge on any atom is 0.310 e. The summed E-state index contributed by atoms with van der Waals surface area (Å²) in [7, 11) is 0. The van der Waals surface area contributed by atoms with Crippen LogP contribution >= 0.6 is 0 Å². The van der Waals surface area contributed by atoms with Gasteiger partial charge < -0.3 is 10.0 Å². The smallest absolute Gasteiger partial charge is 0.310 e. The minimum atomic E-state index is -0.625. The monoisotopic (exact) mass is 253 g/mol. The lowest BCUT2D eigenvalue weighted by Gasteiger charge is -2.22. The van der Waals surface area contributed by atoms with Crippen molar-refractivity contribution in [1.82, 2.24) is 4.90 Å². The molecule has 1 atom stereocenters. The van der Waals surface area contributed by atoms with E-state index in [9.17, 15) is 9.90 Å². The largest absolute Gasteiger partial charge is 0.481 e. The highest BCUT2D eigenvalue weighted by Gasteiger charge is 2.40. The molecule has 3 heteroatoms. The summed E-state index contributed by atoms with van der Waals surface area (Å²) in [5.74, 6) is 0.267. The first-order valence-corrected chi connectivity index (χ1v) is 7.56. The molecule has 1 N–H and O–H groups in total. The molecule has 0 spiro atoms. The number of carbonyl (C=O) groups is 1. The van der Waals surface area contributed by atoms with Crippen molar-refractivity contribution in [3.63, 3.8) is 0 Å². The fourth-order valence-corrected chi connectivity index (χ4v) is 3.44. The van der Waals surface area contributed by atoms with Crippen molar-refractivity contribution >= 4 is 5.97 Å². The van der Waals surface area contributed by atoms with Crippen LogP contribution in [-0.4, -0.2) is 35.6 Å². The summed E-state index contributed by atoms with van der Waals surface area (Å²) < 4.78 is 0. The Kier molecular flexibility index (Phi) is 4.66. The quantitative estimate of drug-likeness (QED) is 0.782. The van der Waals surface area contributed by atoms with Crippen molar-refractivity contribution in [2.24, 2.45) is 11.3 Å². The van der Waals surface area contributed by atoms with Crippen LogP contribution < -0.4 is 0 Å². The summed E-state index contributed by atoms with van der Waals surface area (Å²) in [5, 5.41) is 9.22. The van der Waals surface area contributed by atoms with Crippen molar-refractivity contribution < 1.29 is 9.90 Å². The van der Waals surface area contributed by atoms with Gasteiger partial charge in [0.15, 0.2) is 0 Å². The first kappa shape index (κ1) is 13.9. The average molecular weight is 253 g/mol. The van der Waals surface area contributed by atoms with Gasteiger partial charge in [0.2, 0.25) is 0 Å². The second kappa shape index (κ2) is 6.05. The van der Waals surface area contributed by atoms with Crippen molar-refractivity contribution in [2.45, 2.75) is 58.3 Å². The highest BCUT2D eigenvalue weighted by Crippen LogP contribution is 2.31. The summed E-state index contributed by atoms with van der Waals surface area (Å²) >= 11 is 0. The summed E-state index contributed by atoms with van der Waals surface area (Å²) in [6, 6.07) is 0. The minimum absolute atomic E-state index is 0.497. The molecule has 2 rings (SSSR count). The maximum atomic E-state index is 11.2. The van der Waals surface area contributed by atoms with Crippen LogP contribution in [0.2, 0.25) is 0 Å². The van der Waals surface area contributed by atoms with Gasteiger partial charge in [-0.3, -0.25) is 4.79 Å². The van der Waals surface area contributed by atoms with Gasteiger partial charge in [-0.1, -0.05) is 38.5 Å². The molecule has 18 heavy (non-hydrogen) atoms. The zero-order chi connectivity index (χ0) is 13.0. The molecule has 0 radical (unpaired) electrons. The lowest BCUT2D eigenvalue weighted by molar-refractivity contribution is -0.147. The van der Waals surface area contributed by atoms with Crippen molar-refractivity contribution in [3.8, 4) is 0 Å². The van der Waals surface area contributed by atoms with E-state index in [0.717, 1.165) is 32.0 Å². The Morgan fingerprint density at radius 3 is 2.50 bits per heavy atom. The molecule has 1 saturated carbocycles. The van der Waals surface area contributed by atoms with Crippen LogP contribution in [0.15, 0.2) is 0 Å². The molecule has 1 unspecified atom stereocenters. The zero-order valence-corrected chi connectivity index (χ0v) is 11.7. The Labute approximate surface area is 111 Å². The Morgan fingerprint density at radius 2 is 1.94 bits per heavy atom. The van der Waals surface area contributed by atoms with Crippen molar-refractivity contribution in [2.75, 3.05) is 19.6 Å². The standard InChI is InChI=1S/C15H27NO2/c1-15(14(17)18)9-11-16(12-15)10-8-13-6-4-2-3-5-7-13/h13H,2-12H2,1H3,(H,17,18).